The third-order valence-electron chi connectivity index (χ3n) is 6.18. The molecule has 1 saturated carbocycles. The minimum absolute atomic E-state index is 0.316. The van der Waals surface area contributed by atoms with Gasteiger partial charge in [0.15, 0.2) is 0 Å². The van der Waals surface area contributed by atoms with Crippen LogP contribution in [0, 0.1) is 11.8 Å². The Labute approximate surface area is 146 Å². The maximum Gasteiger partial charge on any atom is 0.0607 e. The Morgan fingerprint density at radius 2 is 1.96 bits per heavy atom. The molecule has 1 aromatic rings. The summed E-state index contributed by atoms with van der Waals surface area (Å²) in [5, 5.41) is 0. The molecule has 3 unspecified atom stereocenters. The summed E-state index contributed by atoms with van der Waals surface area (Å²) in [6.45, 7) is 2.31. The summed E-state index contributed by atoms with van der Waals surface area (Å²) in [5.74, 6) is 1.31. The topological polar surface area (TPSA) is 29.3 Å². The molecule has 0 saturated heterocycles. The second kappa shape index (κ2) is 6.76. The van der Waals surface area contributed by atoms with Crippen molar-refractivity contribution >= 4 is 5.70 Å². The highest BCUT2D eigenvalue weighted by Crippen LogP contribution is 2.46. The lowest BCUT2D eigenvalue weighted by Gasteiger charge is -2.32. The van der Waals surface area contributed by atoms with Gasteiger partial charge in [0.25, 0.3) is 0 Å². The van der Waals surface area contributed by atoms with Crippen molar-refractivity contribution in [1.29, 1.82) is 0 Å². The Hall–Kier alpha value is -1.54. The van der Waals surface area contributed by atoms with E-state index in [9.17, 15) is 0 Å². The zero-order chi connectivity index (χ0) is 16.5. The molecular formula is C22H30N2. The van der Waals surface area contributed by atoms with E-state index in [-0.39, 0.29) is 0 Å². The summed E-state index contributed by atoms with van der Waals surface area (Å²) in [6.07, 6.45) is 16.1. The fraction of sp³-hybridized carbons (Fsp3) is 0.545. The summed E-state index contributed by atoms with van der Waals surface area (Å²) >= 11 is 0. The monoisotopic (exact) mass is 322 g/mol. The highest BCUT2D eigenvalue weighted by molar-refractivity contribution is 5.73. The Kier molecular flexibility index (Phi) is 4.49. The fourth-order valence-electron chi connectivity index (χ4n) is 4.82. The number of fused-ring (bicyclic) bond motifs is 3. The van der Waals surface area contributed by atoms with Crippen LogP contribution in [-0.2, 0) is 0 Å². The van der Waals surface area contributed by atoms with Gasteiger partial charge in [-0.15, -0.1) is 0 Å². The van der Waals surface area contributed by atoms with Crippen LogP contribution in [0.4, 0.5) is 0 Å². The van der Waals surface area contributed by atoms with E-state index in [4.69, 9.17) is 5.73 Å². The molecule has 3 aliphatic rings. The molecule has 0 radical (unpaired) electrons. The maximum absolute atomic E-state index is 6.70. The molecule has 4 rings (SSSR count). The smallest absolute Gasteiger partial charge is 0.0607 e. The van der Waals surface area contributed by atoms with Crippen LogP contribution in [0.1, 0.15) is 69.0 Å². The minimum Gasteiger partial charge on any atom is -0.340 e. The van der Waals surface area contributed by atoms with Crippen molar-refractivity contribution in [2.75, 3.05) is 0 Å². The summed E-state index contributed by atoms with van der Waals surface area (Å²) in [6, 6.07) is 9.66. The fourth-order valence-corrected chi connectivity index (χ4v) is 4.82. The molecule has 2 N–H and O–H groups in total. The second-order valence-electron chi connectivity index (χ2n) is 7.96. The second-order valence-corrected chi connectivity index (χ2v) is 7.96. The van der Waals surface area contributed by atoms with Crippen molar-refractivity contribution in [2.45, 2.75) is 64.0 Å². The van der Waals surface area contributed by atoms with Crippen LogP contribution in [0.5, 0.6) is 0 Å². The molecule has 128 valence electrons. The van der Waals surface area contributed by atoms with E-state index in [0.29, 0.717) is 23.9 Å². The van der Waals surface area contributed by atoms with Gasteiger partial charge in [0.2, 0.25) is 0 Å². The molecule has 1 aliphatic carbocycles. The molecule has 3 atom stereocenters. The van der Waals surface area contributed by atoms with Gasteiger partial charge in [0.1, 0.15) is 0 Å². The van der Waals surface area contributed by atoms with Gasteiger partial charge in [-0.25, -0.2) is 0 Å². The zero-order valence-electron chi connectivity index (χ0n) is 14.8. The van der Waals surface area contributed by atoms with Crippen molar-refractivity contribution in [3.63, 3.8) is 0 Å². The number of rotatable bonds is 3. The maximum atomic E-state index is 6.70. The van der Waals surface area contributed by atoms with Crippen LogP contribution in [0.2, 0.25) is 0 Å². The zero-order valence-corrected chi connectivity index (χ0v) is 14.8. The molecule has 24 heavy (non-hydrogen) atoms. The molecular weight excluding hydrogens is 292 g/mol. The molecule has 0 aromatic heterocycles. The van der Waals surface area contributed by atoms with Gasteiger partial charge in [0, 0.05) is 23.5 Å². The summed E-state index contributed by atoms with van der Waals surface area (Å²) < 4.78 is 0. The summed E-state index contributed by atoms with van der Waals surface area (Å²) in [4.78, 5) is 2.50. The first-order chi connectivity index (χ1) is 11.7. The van der Waals surface area contributed by atoms with Crippen molar-refractivity contribution < 1.29 is 0 Å². The van der Waals surface area contributed by atoms with E-state index in [1.807, 2.05) is 0 Å². The van der Waals surface area contributed by atoms with E-state index < -0.39 is 0 Å². The molecule has 0 bridgehead atoms. The van der Waals surface area contributed by atoms with E-state index in [2.05, 4.69) is 54.4 Å². The first-order valence-electron chi connectivity index (χ1n) is 9.75. The number of nitrogens with zero attached hydrogens (tertiary/aromatic N) is 1. The third kappa shape index (κ3) is 2.93. The number of nitrogens with two attached hydrogens (primary N) is 1. The molecule has 0 amide bonds. The molecule has 2 aliphatic heterocycles. The molecule has 2 nitrogen and oxygen atoms in total. The third-order valence-corrected chi connectivity index (χ3v) is 6.18. The molecule has 1 aromatic carbocycles. The molecule has 2 heteroatoms. The van der Waals surface area contributed by atoms with Crippen LogP contribution in [0.3, 0.4) is 0 Å². The number of hydrogen-bond donors (Lipinski definition) is 1. The number of benzene rings is 1. The van der Waals surface area contributed by atoms with Gasteiger partial charge in [-0.3, -0.25) is 0 Å². The van der Waals surface area contributed by atoms with Crippen molar-refractivity contribution in [3.8, 4) is 0 Å². The van der Waals surface area contributed by atoms with Gasteiger partial charge in [-0.1, -0.05) is 62.6 Å². The quantitative estimate of drug-likeness (QED) is 0.825. The van der Waals surface area contributed by atoms with E-state index in [1.165, 1.54) is 48.9 Å². The van der Waals surface area contributed by atoms with Gasteiger partial charge in [-0.05, 0) is 43.1 Å². The Morgan fingerprint density at radius 3 is 2.79 bits per heavy atom. The van der Waals surface area contributed by atoms with Crippen LogP contribution < -0.4 is 5.73 Å². The van der Waals surface area contributed by atoms with Crippen LogP contribution in [-0.4, -0.2) is 10.9 Å². The molecule has 2 heterocycles. The standard InChI is InChI=1S/C22H30N2/c1-16-8-7-13-24-21(14-16)18-11-5-6-12-19(18)22(24)15-20(23)17-9-3-2-4-10-17/h5-7,11-14,16-17,20,22H,2-4,8-10,15,23H2,1H3. The van der Waals surface area contributed by atoms with E-state index >= 15 is 0 Å². The minimum atomic E-state index is 0.316. The van der Waals surface area contributed by atoms with Crippen LogP contribution >= 0.6 is 0 Å². The number of hydrogen-bond acceptors (Lipinski definition) is 2. The van der Waals surface area contributed by atoms with Crippen molar-refractivity contribution in [2.24, 2.45) is 17.6 Å². The highest BCUT2D eigenvalue weighted by atomic mass is 15.2. The van der Waals surface area contributed by atoms with Gasteiger partial charge in [0.05, 0.1) is 6.04 Å². The Morgan fingerprint density at radius 1 is 1.17 bits per heavy atom. The summed E-state index contributed by atoms with van der Waals surface area (Å²) in [5.41, 5.74) is 11.0. The first kappa shape index (κ1) is 16.0. The first-order valence-corrected chi connectivity index (χ1v) is 9.75. The van der Waals surface area contributed by atoms with Gasteiger partial charge in [-0.2, -0.15) is 0 Å². The molecule has 0 spiro atoms. The predicted octanol–water partition coefficient (Wildman–Crippen LogP) is 5.24. The summed E-state index contributed by atoms with van der Waals surface area (Å²) in [7, 11) is 0. The Bertz CT molecular complexity index is 639. The van der Waals surface area contributed by atoms with Crippen molar-refractivity contribution in [1.82, 2.24) is 4.90 Å². The predicted molar refractivity (Wildman–Crippen MR) is 101 cm³/mol. The molecule has 1 fully saturated rings. The SMILES string of the molecule is CC1C=C2c3ccccc3C(CC(N)C3CCCCC3)N2C=CC1. The van der Waals surface area contributed by atoms with Crippen LogP contribution in [0.25, 0.3) is 5.70 Å². The lowest BCUT2D eigenvalue weighted by Crippen LogP contribution is -2.35. The van der Waals surface area contributed by atoms with Crippen molar-refractivity contribution in [3.05, 3.63) is 53.7 Å². The Balaban J connectivity index is 1.63. The average Bonchev–Trinajstić information content (AvgIpc) is 2.77. The number of allylic oxidation sites excluding steroid dienone is 2. The van der Waals surface area contributed by atoms with Gasteiger partial charge >= 0.3 is 0 Å². The highest BCUT2D eigenvalue weighted by Gasteiger charge is 2.35. The lowest BCUT2D eigenvalue weighted by molar-refractivity contribution is 0.257. The van der Waals surface area contributed by atoms with E-state index in [0.717, 1.165) is 12.8 Å². The normalized spacial score (nSPS) is 28.1. The van der Waals surface area contributed by atoms with E-state index in [1.54, 1.807) is 0 Å². The van der Waals surface area contributed by atoms with Crippen LogP contribution in [0.15, 0.2) is 42.6 Å². The van der Waals surface area contributed by atoms with Gasteiger partial charge < -0.3 is 10.6 Å². The average molecular weight is 322 g/mol. The largest absolute Gasteiger partial charge is 0.340 e. The lowest BCUT2D eigenvalue weighted by atomic mass is 9.81.